The van der Waals surface area contributed by atoms with Gasteiger partial charge in [-0.2, -0.15) is 0 Å². The predicted octanol–water partition coefficient (Wildman–Crippen LogP) is 2.80. The van der Waals surface area contributed by atoms with Crippen molar-refractivity contribution in [3.8, 4) is 0 Å². The van der Waals surface area contributed by atoms with Gasteiger partial charge in [-0.25, -0.2) is 0 Å². The minimum Gasteiger partial charge on any atom is -0.385 e. The molecule has 0 atom stereocenters. The molecule has 2 nitrogen and oxygen atoms in total. The molecular formula is C11H17ClN2. The fourth-order valence-electron chi connectivity index (χ4n) is 1.28. The molecule has 0 saturated heterocycles. The Morgan fingerprint density at radius 3 is 2.86 bits per heavy atom. The van der Waals surface area contributed by atoms with Crippen LogP contribution in [-0.4, -0.2) is 13.1 Å². The number of nitrogens with two attached hydrogens (primary N) is 1. The van der Waals surface area contributed by atoms with Crippen LogP contribution in [0.1, 0.15) is 18.4 Å². The van der Waals surface area contributed by atoms with Crippen LogP contribution in [0.5, 0.6) is 0 Å². The SMILES string of the molecule is Cc1ccc(Cl)cc1NCCCCN. The predicted molar refractivity (Wildman–Crippen MR) is 63.0 cm³/mol. The normalized spacial score (nSPS) is 10.2. The van der Waals surface area contributed by atoms with Gasteiger partial charge in [0.1, 0.15) is 0 Å². The summed E-state index contributed by atoms with van der Waals surface area (Å²) < 4.78 is 0. The Hall–Kier alpha value is -0.730. The first-order chi connectivity index (χ1) is 6.74. The fourth-order valence-corrected chi connectivity index (χ4v) is 1.45. The van der Waals surface area contributed by atoms with Gasteiger partial charge >= 0.3 is 0 Å². The van der Waals surface area contributed by atoms with Gasteiger partial charge in [-0.3, -0.25) is 0 Å². The van der Waals surface area contributed by atoms with E-state index in [4.69, 9.17) is 17.3 Å². The molecule has 0 aliphatic carbocycles. The van der Waals surface area contributed by atoms with Crippen molar-refractivity contribution in [3.63, 3.8) is 0 Å². The van der Waals surface area contributed by atoms with Crippen LogP contribution in [0.3, 0.4) is 0 Å². The summed E-state index contributed by atoms with van der Waals surface area (Å²) in [4.78, 5) is 0. The number of halogens is 1. The molecule has 1 rings (SSSR count). The maximum Gasteiger partial charge on any atom is 0.0426 e. The number of nitrogens with one attached hydrogen (secondary N) is 1. The molecule has 0 aromatic heterocycles. The van der Waals surface area contributed by atoms with Gasteiger partial charge in [-0.1, -0.05) is 17.7 Å². The van der Waals surface area contributed by atoms with Crippen molar-refractivity contribution < 1.29 is 0 Å². The number of benzene rings is 1. The van der Waals surface area contributed by atoms with Crippen molar-refractivity contribution in [2.75, 3.05) is 18.4 Å². The Morgan fingerprint density at radius 1 is 1.36 bits per heavy atom. The van der Waals surface area contributed by atoms with Crippen LogP contribution in [0.15, 0.2) is 18.2 Å². The molecule has 0 fully saturated rings. The number of hydrogen-bond acceptors (Lipinski definition) is 2. The first-order valence-electron chi connectivity index (χ1n) is 4.94. The number of hydrogen-bond donors (Lipinski definition) is 2. The Kier molecular flexibility index (Phi) is 4.77. The van der Waals surface area contributed by atoms with Crippen LogP contribution in [0.2, 0.25) is 5.02 Å². The molecule has 78 valence electrons. The van der Waals surface area contributed by atoms with Crippen LogP contribution in [0.4, 0.5) is 5.69 Å². The lowest BCUT2D eigenvalue weighted by Gasteiger charge is -2.09. The minimum absolute atomic E-state index is 0.760. The van der Waals surface area contributed by atoms with Gasteiger partial charge in [0.15, 0.2) is 0 Å². The molecule has 3 heteroatoms. The molecule has 14 heavy (non-hydrogen) atoms. The molecule has 0 unspecified atom stereocenters. The lowest BCUT2D eigenvalue weighted by atomic mass is 10.2. The fraction of sp³-hybridized carbons (Fsp3) is 0.455. The topological polar surface area (TPSA) is 38.0 Å². The van der Waals surface area contributed by atoms with Crippen LogP contribution < -0.4 is 11.1 Å². The lowest BCUT2D eigenvalue weighted by Crippen LogP contribution is -2.06. The largest absolute Gasteiger partial charge is 0.385 e. The summed E-state index contributed by atoms with van der Waals surface area (Å²) in [5, 5.41) is 4.12. The average Bonchev–Trinajstić information content (AvgIpc) is 2.18. The lowest BCUT2D eigenvalue weighted by molar-refractivity contribution is 0.774. The highest BCUT2D eigenvalue weighted by Crippen LogP contribution is 2.19. The summed E-state index contributed by atoms with van der Waals surface area (Å²) >= 11 is 5.90. The van der Waals surface area contributed by atoms with E-state index >= 15 is 0 Å². The molecule has 0 bridgehead atoms. The molecule has 0 heterocycles. The van der Waals surface area contributed by atoms with Crippen LogP contribution >= 0.6 is 11.6 Å². The van der Waals surface area contributed by atoms with Gasteiger partial charge in [-0.05, 0) is 44.0 Å². The van der Waals surface area contributed by atoms with Crippen molar-refractivity contribution in [2.45, 2.75) is 19.8 Å². The minimum atomic E-state index is 0.760. The first-order valence-corrected chi connectivity index (χ1v) is 5.32. The molecule has 0 aliphatic rings. The maximum atomic E-state index is 5.90. The van der Waals surface area contributed by atoms with Crippen molar-refractivity contribution in [2.24, 2.45) is 5.73 Å². The quantitative estimate of drug-likeness (QED) is 0.737. The second-order valence-electron chi connectivity index (χ2n) is 3.38. The van der Waals surface area contributed by atoms with Gasteiger partial charge in [0.25, 0.3) is 0 Å². The van der Waals surface area contributed by atoms with E-state index in [1.54, 1.807) is 0 Å². The summed E-state index contributed by atoms with van der Waals surface area (Å²) in [5.74, 6) is 0. The second kappa shape index (κ2) is 5.89. The van der Waals surface area contributed by atoms with Gasteiger partial charge in [0.05, 0.1) is 0 Å². The van der Waals surface area contributed by atoms with Crippen LogP contribution in [-0.2, 0) is 0 Å². The molecule has 0 saturated carbocycles. The molecule has 0 radical (unpaired) electrons. The summed E-state index contributed by atoms with van der Waals surface area (Å²) in [6, 6.07) is 5.88. The standard InChI is InChI=1S/C11H17ClN2/c1-9-4-5-10(12)8-11(9)14-7-3-2-6-13/h4-5,8,14H,2-3,6-7,13H2,1H3. The van der Waals surface area contributed by atoms with Crippen LogP contribution in [0, 0.1) is 6.92 Å². The molecule has 3 N–H and O–H groups in total. The Morgan fingerprint density at radius 2 is 2.14 bits per heavy atom. The van der Waals surface area contributed by atoms with Gasteiger partial charge in [0.2, 0.25) is 0 Å². The van der Waals surface area contributed by atoms with Crippen LogP contribution in [0.25, 0.3) is 0 Å². The van der Waals surface area contributed by atoms with E-state index in [0.29, 0.717) is 0 Å². The zero-order chi connectivity index (χ0) is 10.4. The zero-order valence-corrected chi connectivity index (χ0v) is 9.27. The van der Waals surface area contributed by atoms with E-state index in [1.807, 2.05) is 18.2 Å². The third kappa shape index (κ3) is 3.56. The molecule has 1 aromatic carbocycles. The Bertz CT molecular complexity index is 287. The highest BCUT2D eigenvalue weighted by molar-refractivity contribution is 6.30. The molecule has 0 spiro atoms. The maximum absolute atomic E-state index is 5.90. The van der Waals surface area contributed by atoms with Gasteiger partial charge < -0.3 is 11.1 Å². The van der Waals surface area contributed by atoms with E-state index in [2.05, 4.69) is 12.2 Å². The van der Waals surface area contributed by atoms with E-state index in [9.17, 15) is 0 Å². The van der Waals surface area contributed by atoms with Gasteiger partial charge in [-0.15, -0.1) is 0 Å². The number of aryl methyl sites for hydroxylation is 1. The Labute approximate surface area is 90.4 Å². The number of anilines is 1. The smallest absolute Gasteiger partial charge is 0.0426 e. The summed E-state index contributed by atoms with van der Waals surface area (Å²) in [5.41, 5.74) is 7.76. The third-order valence-electron chi connectivity index (χ3n) is 2.15. The van der Waals surface area contributed by atoms with Crippen molar-refractivity contribution in [1.29, 1.82) is 0 Å². The average molecular weight is 213 g/mol. The zero-order valence-electron chi connectivity index (χ0n) is 8.52. The third-order valence-corrected chi connectivity index (χ3v) is 2.38. The Balaban J connectivity index is 2.45. The molecule has 0 aliphatic heterocycles. The second-order valence-corrected chi connectivity index (χ2v) is 3.82. The molecule has 0 amide bonds. The summed E-state index contributed by atoms with van der Waals surface area (Å²) in [7, 11) is 0. The van der Waals surface area contributed by atoms with Crippen molar-refractivity contribution in [3.05, 3.63) is 28.8 Å². The highest BCUT2D eigenvalue weighted by Gasteiger charge is 1.97. The summed E-state index contributed by atoms with van der Waals surface area (Å²) in [6.45, 7) is 3.79. The first kappa shape index (κ1) is 11.3. The summed E-state index contributed by atoms with van der Waals surface area (Å²) in [6.07, 6.45) is 2.16. The number of rotatable bonds is 5. The van der Waals surface area contributed by atoms with E-state index in [1.165, 1.54) is 5.56 Å². The van der Waals surface area contributed by atoms with E-state index in [-0.39, 0.29) is 0 Å². The highest BCUT2D eigenvalue weighted by atomic mass is 35.5. The monoisotopic (exact) mass is 212 g/mol. The molecule has 1 aromatic rings. The number of unbranched alkanes of at least 4 members (excludes halogenated alkanes) is 1. The van der Waals surface area contributed by atoms with Gasteiger partial charge in [0, 0.05) is 17.3 Å². The van der Waals surface area contributed by atoms with E-state index in [0.717, 1.165) is 36.6 Å². The van der Waals surface area contributed by atoms with E-state index < -0.39 is 0 Å². The van der Waals surface area contributed by atoms with Crippen molar-refractivity contribution >= 4 is 17.3 Å². The van der Waals surface area contributed by atoms with Crippen molar-refractivity contribution in [1.82, 2.24) is 0 Å². The molecular weight excluding hydrogens is 196 g/mol.